The van der Waals surface area contributed by atoms with Crippen molar-refractivity contribution in [2.45, 2.75) is 25.4 Å². The predicted molar refractivity (Wildman–Crippen MR) is 95.6 cm³/mol. The molecular formula is C14H22IN7. The molecule has 22 heavy (non-hydrogen) atoms. The zero-order valence-electron chi connectivity index (χ0n) is 13.0. The fourth-order valence-corrected chi connectivity index (χ4v) is 3.81. The van der Waals surface area contributed by atoms with E-state index in [9.17, 15) is 0 Å². The summed E-state index contributed by atoms with van der Waals surface area (Å²) < 4.78 is 2.82. The minimum Gasteiger partial charge on any atom is -0.383 e. The minimum atomic E-state index is 0.506. The summed E-state index contributed by atoms with van der Waals surface area (Å²) >= 11 is 2.20. The van der Waals surface area contributed by atoms with E-state index in [0.717, 1.165) is 40.9 Å². The van der Waals surface area contributed by atoms with Crippen LogP contribution in [0.25, 0.3) is 11.0 Å². The topological polar surface area (TPSA) is 76.1 Å². The third-order valence-electron chi connectivity index (χ3n) is 4.35. The Morgan fingerprint density at radius 1 is 1.36 bits per heavy atom. The predicted octanol–water partition coefficient (Wildman–Crippen LogP) is 1.04. The van der Waals surface area contributed by atoms with Crippen molar-refractivity contribution in [1.29, 1.82) is 0 Å². The van der Waals surface area contributed by atoms with Gasteiger partial charge in [0.05, 0.1) is 11.9 Å². The van der Waals surface area contributed by atoms with Gasteiger partial charge in [0, 0.05) is 19.1 Å². The molecule has 2 N–H and O–H groups in total. The average Bonchev–Trinajstić information content (AvgIpc) is 2.83. The van der Waals surface area contributed by atoms with Crippen LogP contribution in [0.5, 0.6) is 0 Å². The number of hydrogen-bond donors (Lipinski definition) is 1. The summed E-state index contributed by atoms with van der Waals surface area (Å²) in [5.41, 5.74) is 6.77. The van der Waals surface area contributed by atoms with Crippen LogP contribution in [0.15, 0.2) is 6.33 Å². The van der Waals surface area contributed by atoms with Gasteiger partial charge in [0.2, 0.25) is 0 Å². The van der Waals surface area contributed by atoms with Crippen molar-refractivity contribution in [3.8, 4) is 0 Å². The molecular weight excluding hydrogens is 393 g/mol. The second kappa shape index (κ2) is 6.63. The lowest BCUT2D eigenvalue weighted by atomic mass is 10.1. The molecule has 0 bridgehead atoms. The van der Waals surface area contributed by atoms with E-state index < -0.39 is 0 Å². The van der Waals surface area contributed by atoms with Crippen LogP contribution < -0.4 is 5.73 Å². The van der Waals surface area contributed by atoms with Gasteiger partial charge in [0.1, 0.15) is 15.8 Å². The highest BCUT2D eigenvalue weighted by molar-refractivity contribution is 14.1. The van der Waals surface area contributed by atoms with Gasteiger partial charge >= 0.3 is 0 Å². The largest absolute Gasteiger partial charge is 0.383 e. The van der Waals surface area contributed by atoms with E-state index in [4.69, 9.17) is 5.73 Å². The van der Waals surface area contributed by atoms with Crippen LogP contribution in [0.3, 0.4) is 0 Å². The molecule has 1 aliphatic rings. The summed E-state index contributed by atoms with van der Waals surface area (Å²) in [6.07, 6.45) is 4.06. The highest BCUT2D eigenvalue weighted by atomic mass is 127. The molecule has 1 atom stereocenters. The normalized spacial score (nSPS) is 20.1. The summed E-state index contributed by atoms with van der Waals surface area (Å²) in [7, 11) is 4.33. The first-order chi connectivity index (χ1) is 10.6. The maximum Gasteiger partial charge on any atom is 0.164 e. The van der Waals surface area contributed by atoms with E-state index in [2.05, 4.69) is 61.6 Å². The molecule has 1 aliphatic heterocycles. The van der Waals surface area contributed by atoms with E-state index in [1.54, 1.807) is 0 Å². The molecule has 2 aromatic rings. The Morgan fingerprint density at radius 3 is 2.95 bits per heavy atom. The number of likely N-dealkylation sites (tertiary alicyclic amines) is 1. The molecule has 7 nitrogen and oxygen atoms in total. The molecule has 0 spiro atoms. The van der Waals surface area contributed by atoms with Gasteiger partial charge in [0.15, 0.2) is 5.65 Å². The zero-order chi connectivity index (χ0) is 15.7. The molecule has 1 fully saturated rings. The van der Waals surface area contributed by atoms with Gasteiger partial charge in [-0.3, -0.25) is 4.90 Å². The van der Waals surface area contributed by atoms with Crippen LogP contribution in [0.4, 0.5) is 5.82 Å². The van der Waals surface area contributed by atoms with Crippen LogP contribution in [-0.4, -0.2) is 69.3 Å². The lowest BCUT2D eigenvalue weighted by molar-refractivity contribution is 0.129. The van der Waals surface area contributed by atoms with Gasteiger partial charge < -0.3 is 10.6 Å². The van der Waals surface area contributed by atoms with E-state index in [-0.39, 0.29) is 0 Å². The Kier molecular flexibility index (Phi) is 4.79. The number of nitrogens with zero attached hydrogens (tertiary/aromatic N) is 6. The summed E-state index contributed by atoms with van der Waals surface area (Å²) in [5, 5.41) is 5.44. The number of anilines is 1. The second-order valence-corrected chi connectivity index (χ2v) is 7.05. The number of likely N-dealkylation sites (N-methyl/N-ethyl adjacent to an activating group) is 1. The van der Waals surface area contributed by atoms with E-state index in [1.807, 2.05) is 4.68 Å². The van der Waals surface area contributed by atoms with Crippen LogP contribution >= 0.6 is 22.6 Å². The van der Waals surface area contributed by atoms with Gasteiger partial charge in [-0.15, -0.1) is 0 Å². The molecule has 0 aliphatic carbocycles. The third-order valence-corrected chi connectivity index (χ3v) is 5.11. The second-order valence-electron chi connectivity index (χ2n) is 6.03. The fourth-order valence-electron chi connectivity index (χ4n) is 3.03. The maximum atomic E-state index is 5.94. The number of rotatable bonds is 4. The van der Waals surface area contributed by atoms with Crippen molar-refractivity contribution in [2.24, 2.45) is 0 Å². The molecule has 0 amide bonds. The molecule has 2 aromatic heterocycles. The van der Waals surface area contributed by atoms with Crippen LogP contribution in [-0.2, 0) is 6.54 Å². The highest BCUT2D eigenvalue weighted by Gasteiger charge is 2.21. The van der Waals surface area contributed by atoms with Crippen molar-refractivity contribution < 1.29 is 0 Å². The lowest BCUT2D eigenvalue weighted by Crippen LogP contribution is -2.46. The molecule has 0 radical (unpaired) electrons. The van der Waals surface area contributed by atoms with Crippen LogP contribution in [0.2, 0.25) is 0 Å². The SMILES string of the molecule is CN(C)C1CCCN(CCn2nc(I)c3c(N)ncnc32)C1. The molecule has 0 aromatic carbocycles. The Balaban J connectivity index is 1.71. The van der Waals surface area contributed by atoms with E-state index >= 15 is 0 Å². The van der Waals surface area contributed by atoms with Crippen molar-refractivity contribution in [3.05, 3.63) is 10.0 Å². The van der Waals surface area contributed by atoms with Crippen LogP contribution in [0, 0.1) is 3.70 Å². The van der Waals surface area contributed by atoms with Crippen molar-refractivity contribution in [2.75, 3.05) is 39.5 Å². The Bertz CT molecular complexity index is 654. The Labute approximate surface area is 144 Å². The van der Waals surface area contributed by atoms with Crippen molar-refractivity contribution in [3.63, 3.8) is 0 Å². The summed E-state index contributed by atoms with van der Waals surface area (Å²) in [6, 6.07) is 0.654. The first-order valence-electron chi connectivity index (χ1n) is 7.57. The summed E-state index contributed by atoms with van der Waals surface area (Å²) in [4.78, 5) is 13.2. The zero-order valence-corrected chi connectivity index (χ0v) is 15.2. The molecule has 0 saturated carbocycles. The van der Waals surface area contributed by atoms with Gasteiger partial charge in [-0.25, -0.2) is 14.6 Å². The standard InChI is InChI=1S/C14H22IN7/c1-20(2)10-4-3-5-21(8-10)6-7-22-14-11(12(15)19-22)13(16)17-9-18-14/h9-10H,3-8H2,1-2H3,(H2,16,17,18). The Hall–Kier alpha value is -1.00. The number of piperidine rings is 1. The molecule has 1 saturated heterocycles. The summed E-state index contributed by atoms with van der Waals surface area (Å²) in [6.45, 7) is 4.11. The fraction of sp³-hybridized carbons (Fsp3) is 0.643. The highest BCUT2D eigenvalue weighted by Crippen LogP contribution is 2.22. The van der Waals surface area contributed by atoms with Gasteiger partial charge in [0.25, 0.3) is 0 Å². The third kappa shape index (κ3) is 3.18. The van der Waals surface area contributed by atoms with Crippen LogP contribution in [0.1, 0.15) is 12.8 Å². The van der Waals surface area contributed by atoms with E-state index in [0.29, 0.717) is 11.9 Å². The number of halogens is 1. The molecule has 3 heterocycles. The van der Waals surface area contributed by atoms with Gasteiger partial charge in [-0.1, -0.05) is 0 Å². The number of nitrogen functional groups attached to an aromatic ring is 1. The molecule has 1 unspecified atom stereocenters. The quantitative estimate of drug-likeness (QED) is 0.753. The first-order valence-corrected chi connectivity index (χ1v) is 8.65. The van der Waals surface area contributed by atoms with E-state index in [1.165, 1.54) is 19.2 Å². The van der Waals surface area contributed by atoms with Gasteiger partial charge in [-0.2, -0.15) is 5.10 Å². The number of fused-ring (bicyclic) bond motifs is 1. The van der Waals surface area contributed by atoms with Crippen molar-refractivity contribution >= 4 is 39.4 Å². The maximum absolute atomic E-state index is 5.94. The van der Waals surface area contributed by atoms with Gasteiger partial charge in [-0.05, 0) is 56.1 Å². The number of hydrogen-bond acceptors (Lipinski definition) is 6. The summed E-state index contributed by atoms with van der Waals surface area (Å²) in [5.74, 6) is 0.506. The first kappa shape index (κ1) is 15.9. The average molecular weight is 415 g/mol. The number of nitrogens with two attached hydrogens (primary N) is 1. The smallest absolute Gasteiger partial charge is 0.164 e. The minimum absolute atomic E-state index is 0.506. The number of aromatic nitrogens is 4. The monoisotopic (exact) mass is 415 g/mol. The molecule has 8 heteroatoms. The Morgan fingerprint density at radius 2 is 2.18 bits per heavy atom. The molecule has 3 rings (SSSR count). The molecule has 120 valence electrons. The lowest BCUT2D eigenvalue weighted by Gasteiger charge is -2.36. The van der Waals surface area contributed by atoms with Crippen molar-refractivity contribution in [1.82, 2.24) is 29.5 Å².